The lowest BCUT2D eigenvalue weighted by molar-refractivity contribution is -0.146. The van der Waals surface area contributed by atoms with Crippen LogP contribution in [0.25, 0.3) is 0 Å². The maximum Gasteiger partial charge on any atom is 0.323 e. The number of nitrogens with zero attached hydrogens (tertiary/aromatic N) is 1. The van der Waals surface area contributed by atoms with Gasteiger partial charge in [-0.2, -0.15) is 0 Å². The Balaban J connectivity index is 2.30. The molecule has 1 N–H and O–H groups in total. The van der Waals surface area contributed by atoms with Gasteiger partial charge in [0.1, 0.15) is 6.04 Å². The summed E-state index contributed by atoms with van der Waals surface area (Å²) < 4.78 is 5.05. The summed E-state index contributed by atoms with van der Waals surface area (Å²) in [5.41, 5.74) is 0. The summed E-state index contributed by atoms with van der Waals surface area (Å²) >= 11 is 0. The second-order valence-corrected chi connectivity index (χ2v) is 4.79. The molecule has 4 heteroatoms. The minimum absolute atomic E-state index is 0.122. The smallest absolute Gasteiger partial charge is 0.323 e. The van der Waals surface area contributed by atoms with Crippen molar-refractivity contribution in [2.45, 2.75) is 52.1 Å². The molecule has 0 aromatic carbocycles. The molecule has 0 aliphatic carbocycles. The summed E-state index contributed by atoms with van der Waals surface area (Å²) in [7, 11) is 0. The van der Waals surface area contributed by atoms with E-state index in [-0.39, 0.29) is 12.0 Å². The Labute approximate surface area is 105 Å². The minimum Gasteiger partial charge on any atom is -0.465 e. The largest absolute Gasteiger partial charge is 0.465 e. The minimum atomic E-state index is -0.160. The lowest BCUT2D eigenvalue weighted by atomic mass is 10.2. The van der Waals surface area contributed by atoms with E-state index in [1.165, 1.54) is 25.9 Å². The number of carbonyl (C=O) groups excluding carboxylic acids is 1. The number of ether oxygens (including phenoxy) is 1. The van der Waals surface area contributed by atoms with Crippen molar-refractivity contribution in [3.63, 3.8) is 0 Å². The van der Waals surface area contributed by atoms with E-state index in [4.69, 9.17) is 4.74 Å². The zero-order valence-electron chi connectivity index (χ0n) is 11.4. The summed E-state index contributed by atoms with van der Waals surface area (Å²) in [5.74, 6) is -0.122. The Hall–Kier alpha value is -0.610. The van der Waals surface area contributed by atoms with Crippen LogP contribution in [-0.2, 0) is 9.53 Å². The molecular weight excluding hydrogens is 216 g/mol. The lowest BCUT2D eigenvalue weighted by Gasteiger charge is -2.24. The average molecular weight is 242 g/mol. The fraction of sp³-hybridized carbons (Fsp3) is 0.923. The molecule has 0 amide bonds. The van der Waals surface area contributed by atoms with Gasteiger partial charge in [-0.1, -0.05) is 6.92 Å². The summed E-state index contributed by atoms with van der Waals surface area (Å²) in [5, 5.41) is 3.36. The third-order valence-corrected chi connectivity index (χ3v) is 3.20. The highest BCUT2D eigenvalue weighted by atomic mass is 16.5. The van der Waals surface area contributed by atoms with Crippen molar-refractivity contribution in [2.24, 2.45) is 0 Å². The van der Waals surface area contributed by atoms with Gasteiger partial charge in [0.15, 0.2) is 0 Å². The molecule has 0 spiro atoms. The van der Waals surface area contributed by atoms with Crippen LogP contribution >= 0.6 is 0 Å². The first-order valence-electron chi connectivity index (χ1n) is 6.82. The van der Waals surface area contributed by atoms with Crippen LogP contribution in [-0.4, -0.2) is 49.2 Å². The first-order chi connectivity index (χ1) is 8.17. The van der Waals surface area contributed by atoms with Gasteiger partial charge in [0.2, 0.25) is 0 Å². The highest BCUT2D eigenvalue weighted by molar-refractivity contribution is 5.75. The second kappa shape index (κ2) is 7.67. The number of hydrogen-bond acceptors (Lipinski definition) is 4. The summed E-state index contributed by atoms with van der Waals surface area (Å²) in [6, 6.07) is 0.176. The van der Waals surface area contributed by atoms with E-state index in [1.807, 2.05) is 13.8 Å². The van der Waals surface area contributed by atoms with Crippen molar-refractivity contribution in [3.8, 4) is 0 Å². The zero-order chi connectivity index (χ0) is 12.7. The van der Waals surface area contributed by atoms with Gasteiger partial charge in [-0.15, -0.1) is 0 Å². The molecule has 1 saturated heterocycles. The first kappa shape index (κ1) is 14.5. The van der Waals surface area contributed by atoms with Crippen LogP contribution < -0.4 is 5.32 Å². The van der Waals surface area contributed by atoms with Gasteiger partial charge in [0.05, 0.1) is 6.61 Å². The molecule has 0 radical (unpaired) electrons. The highest BCUT2D eigenvalue weighted by Crippen LogP contribution is 2.08. The number of hydrogen-bond donors (Lipinski definition) is 1. The summed E-state index contributed by atoms with van der Waals surface area (Å²) in [4.78, 5) is 14.1. The third kappa shape index (κ3) is 5.04. The van der Waals surface area contributed by atoms with Crippen LogP contribution in [0.15, 0.2) is 0 Å². The summed E-state index contributed by atoms with van der Waals surface area (Å²) in [6.45, 7) is 9.87. The molecule has 1 rings (SSSR count). The van der Waals surface area contributed by atoms with Crippen molar-refractivity contribution in [1.29, 1.82) is 0 Å². The molecule has 1 aliphatic rings. The standard InChI is InChI=1S/C13H26N2O2/c1-4-12(13(16)17-5-2)14-11(3)10-15-8-6-7-9-15/h11-12,14H,4-10H2,1-3H3. The predicted octanol–water partition coefficient (Wildman–Crippen LogP) is 1.40. The van der Waals surface area contributed by atoms with Crippen LogP contribution in [0.5, 0.6) is 0 Å². The number of esters is 1. The highest BCUT2D eigenvalue weighted by Gasteiger charge is 2.21. The van der Waals surface area contributed by atoms with E-state index in [9.17, 15) is 4.79 Å². The normalized spacial score (nSPS) is 20.2. The van der Waals surface area contributed by atoms with E-state index in [1.54, 1.807) is 0 Å². The Kier molecular flexibility index (Phi) is 6.52. The molecule has 1 aliphatic heterocycles. The quantitative estimate of drug-likeness (QED) is 0.685. The third-order valence-electron chi connectivity index (χ3n) is 3.20. The molecule has 2 unspecified atom stereocenters. The van der Waals surface area contributed by atoms with E-state index < -0.39 is 0 Å². The zero-order valence-corrected chi connectivity index (χ0v) is 11.4. The van der Waals surface area contributed by atoms with Crippen molar-refractivity contribution in [2.75, 3.05) is 26.2 Å². The Morgan fingerprint density at radius 2 is 2.00 bits per heavy atom. The molecule has 0 aromatic heterocycles. The second-order valence-electron chi connectivity index (χ2n) is 4.79. The van der Waals surface area contributed by atoms with Gasteiger partial charge in [-0.05, 0) is 46.2 Å². The van der Waals surface area contributed by atoms with Crippen molar-refractivity contribution < 1.29 is 9.53 Å². The van der Waals surface area contributed by atoms with Gasteiger partial charge < -0.3 is 15.0 Å². The van der Waals surface area contributed by atoms with E-state index in [2.05, 4.69) is 17.1 Å². The molecule has 0 saturated carbocycles. The average Bonchev–Trinajstić information content (AvgIpc) is 2.78. The van der Waals surface area contributed by atoms with Crippen molar-refractivity contribution in [1.82, 2.24) is 10.2 Å². The first-order valence-corrected chi connectivity index (χ1v) is 6.82. The van der Waals surface area contributed by atoms with Gasteiger partial charge in [0.25, 0.3) is 0 Å². The molecule has 100 valence electrons. The van der Waals surface area contributed by atoms with Crippen molar-refractivity contribution >= 4 is 5.97 Å². The van der Waals surface area contributed by atoms with Crippen LogP contribution in [0.2, 0.25) is 0 Å². The molecule has 4 nitrogen and oxygen atoms in total. The molecule has 1 fully saturated rings. The van der Waals surface area contributed by atoms with Crippen LogP contribution in [0.1, 0.15) is 40.0 Å². The Morgan fingerprint density at radius 3 is 2.53 bits per heavy atom. The monoisotopic (exact) mass is 242 g/mol. The molecular formula is C13H26N2O2. The Morgan fingerprint density at radius 1 is 1.35 bits per heavy atom. The number of rotatable bonds is 7. The molecule has 17 heavy (non-hydrogen) atoms. The maximum absolute atomic E-state index is 11.6. The SMILES string of the molecule is CCOC(=O)C(CC)NC(C)CN1CCCC1. The van der Waals surface area contributed by atoms with E-state index >= 15 is 0 Å². The topological polar surface area (TPSA) is 41.6 Å². The molecule has 0 bridgehead atoms. The van der Waals surface area contributed by atoms with Crippen LogP contribution in [0.4, 0.5) is 0 Å². The lowest BCUT2D eigenvalue weighted by Crippen LogP contribution is -2.47. The number of likely N-dealkylation sites (tertiary alicyclic amines) is 1. The van der Waals surface area contributed by atoms with Crippen molar-refractivity contribution in [3.05, 3.63) is 0 Å². The van der Waals surface area contributed by atoms with Gasteiger partial charge in [-0.25, -0.2) is 0 Å². The number of carbonyl (C=O) groups is 1. The van der Waals surface area contributed by atoms with Gasteiger partial charge in [-0.3, -0.25) is 4.79 Å². The fourth-order valence-electron chi connectivity index (χ4n) is 2.34. The predicted molar refractivity (Wildman–Crippen MR) is 69.0 cm³/mol. The van der Waals surface area contributed by atoms with Crippen LogP contribution in [0, 0.1) is 0 Å². The van der Waals surface area contributed by atoms with E-state index in [0.29, 0.717) is 12.6 Å². The fourth-order valence-corrected chi connectivity index (χ4v) is 2.34. The van der Waals surface area contributed by atoms with Crippen LogP contribution in [0.3, 0.4) is 0 Å². The molecule has 0 aromatic rings. The molecule has 2 atom stereocenters. The van der Waals surface area contributed by atoms with Gasteiger partial charge in [0, 0.05) is 12.6 Å². The maximum atomic E-state index is 11.6. The molecule has 1 heterocycles. The summed E-state index contributed by atoms with van der Waals surface area (Å²) in [6.07, 6.45) is 3.40. The Bertz CT molecular complexity index is 227. The van der Waals surface area contributed by atoms with Gasteiger partial charge >= 0.3 is 5.97 Å². The number of nitrogens with one attached hydrogen (secondary N) is 1. The van der Waals surface area contributed by atoms with E-state index in [0.717, 1.165) is 13.0 Å².